The Labute approximate surface area is 408 Å². The highest BCUT2D eigenvalue weighted by Gasteiger charge is 2.60. The van der Waals surface area contributed by atoms with Crippen LogP contribution in [-0.2, 0) is 10.8 Å². The number of hydrogen-bond acceptors (Lipinski definition) is 6. The second-order valence-electron chi connectivity index (χ2n) is 19.3. The molecular formula is C64H48N6. The number of fused-ring (bicyclic) bond motifs is 8. The van der Waals surface area contributed by atoms with Crippen molar-refractivity contribution >= 4 is 5.57 Å². The first-order chi connectivity index (χ1) is 34.5. The number of hydrogen-bond donors (Lipinski definition) is 0. The Morgan fingerprint density at radius 2 is 0.843 bits per heavy atom. The third kappa shape index (κ3) is 6.62. The van der Waals surface area contributed by atoms with E-state index in [0.717, 1.165) is 44.8 Å². The van der Waals surface area contributed by atoms with Gasteiger partial charge in [0, 0.05) is 39.7 Å². The van der Waals surface area contributed by atoms with Crippen molar-refractivity contribution < 1.29 is 0 Å². The predicted molar refractivity (Wildman–Crippen MR) is 281 cm³/mol. The summed E-state index contributed by atoms with van der Waals surface area (Å²) < 4.78 is 0. The van der Waals surface area contributed by atoms with Gasteiger partial charge < -0.3 is 0 Å². The van der Waals surface area contributed by atoms with E-state index in [1.807, 2.05) is 54.6 Å². The molecule has 13 rings (SSSR count). The normalized spacial score (nSPS) is 20.2. The van der Waals surface area contributed by atoms with Crippen LogP contribution in [-0.4, -0.2) is 29.9 Å². The van der Waals surface area contributed by atoms with E-state index >= 15 is 0 Å². The Balaban J connectivity index is 1.05. The summed E-state index contributed by atoms with van der Waals surface area (Å²) in [4.78, 5) is 31.9. The largest absolute Gasteiger partial charge is 0.212 e. The van der Waals surface area contributed by atoms with E-state index in [1.165, 1.54) is 33.4 Å². The van der Waals surface area contributed by atoms with Crippen molar-refractivity contribution in [3.63, 3.8) is 0 Å². The highest BCUT2D eigenvalue weighted by Crippen LogP contribution is 2.67. The van der Waals surface area contributed by atoms with E-state index in [9.17, 15) is 0 Å². The summed E-state index contributed by atoms with van der Waals surface area (Å²) in [6.07, 6.45) is 14.9. The van der Waals surface area contributed by atoms with Crippen LogP contribution in [0.5, 0.6) is 0 Å². The minimum atomic E-state index is -0.508. The van der Waals surface area contributed by atoms with E-state index in [1.54, 1.807) is 0 Å². The van der Waals surface area contributed by atoms with Crippen LogP contribution in [0.1, 0.15) is 54.3 Å². The van der Waals surface area contributed by atoms with Crippen LogP contribution in [0.4, 0.5) is 0 Å². The molecule has 1 spiro atoms. The van der Waals surface area contributed by atoms with Crippen molar-refractivity contribution in [1.82, 2.24) is 29.9 Å². The summed E-state index contributed by atoms with van der Waals surface area (Å²) >= 11 is 0. The molecule has 0 aliphatic heterocycles. The zero-order valence-electron chi connectivity index (χ0n) is 39.0. The fourth-order valence-electron chi connectivity index (χ4n) is 12.0. The van der Waals surface area contributed by atoms with Crippen LogP contribution in [0, 0.1) is 11.8 Å². The molecular weight excluding hydrogens is 853 g/mol. The van der Waals surface area contributed by atoms with Gasteiger partial charge >= 0.3 is 0 Å². The van der Waals surface area contributed by atoms with Crippen LogP contribution >= 0.6 is 0 Å². The average molecular weight is 901 g/mol. The lowest BCUT2D eigenvalue weighted by Gasteiger charge is -2.55. The van der Waals surface area contributed by atoms with Crippen LogP contribution in [0.2, 0.25) is 0 Å². The van der Waals surface area contributed by atoms with Gasteiger partial charge in [-0.1, -0.05) is 238 Å². The number of aromatic nitrogens is 6. The average Bonchev–Trinajstić information content (AvgIpc) is 3.74. The Kier molecular flexibility index (Phi) is 9.91. The van der Waals surface area contributed by atoms with Gasteiger partial charge in [0.2, 0.25) is 0 Å². The molecule has 4 atom stereocenters. The maximum Gasteiger partial charge on any atom is 0.164 e. The van der Waals surface area contributed by atoms with Crippen LogP contribution < -0.4 is 0 Å². The summed E-state index contributed by atoms with van der Waals surface area (Å²) in [5.74, 6) is 4.14. The molecule has 6 nitrogen and oxygen atoms in total. The first-order valence-electron chi connectivity index (χ1n) is 24.3. The molecule has 0 amide bonds. The number of benzene rings is 7. The van der Waals surface area contributed by atoms with E-state index < -0.39 is 5.41 Å². The van der Waals surface area contributed by atoms with E-state index in [0.29, 0.717) is 35.5 Å². The van der Waals surface area contributed by atoms with Crippen molar-refractivity contribution in [1.29, 1.82) is 0 Å². The highest BCUT2D eigenvalue weighted by molar-refractivity contribution is 5.94. The number of rotatable bonds is 7. The monoisotopic (exact) mass is 900 g/mol. The zero-order chi connectivity index (χ0) is 46.8. The van der Waals surface area contributed by atoms with Crippen molar-refractivity contribution in [2.24, 2.45) is 11.8 Å². The third-order valence-electron chi connectivity index (χ3n) is 15.2. The highest BCUT2D eigenvalue weighted by atomic mass is 15.0. The SMILES string of the molecule is CC1(C)c2ccccc2C2(C3=C(CC(c4nc(-c5ccccc5)nc(-c5ccccc5-c5ccccc5)n4)C=C3)c3c(-c4nc(-c5ccccc5)nc(-c5ccccc5)n4)cccc32)C2C=CC=CC21. The summed E-state index contributed by atoms with van der Waals surface area (Å²) in [6.45, 7) is 4.85. The van der Waals surface area contributed by atoms with E-state index in [2.05, 4.69) is 184 Å². The lowest BCUT2D eigenvalue weighted by atomic mass is 9.47. The first-order valence-corrected chi connectivity index (χ1v) is 24.3. The van der Waals surface area contributed by atoms with Gasteiger partial charge in [-0.15, -0.1) is 0 Å². The van der Waals surface area contributed by atoms with Crippen LogP contribution in [0.25, 0.3) is 73.6 Å². The number of allylic oxidation sites excluding steroid dienone is 8. The van der Waals surface area contributed by atoms with E-state index in [-0.39, 0.29) is 23.2 Å². The van der Waals surface area contributed by atoms with Gasteiger partial charge in [0.25, 0.3) is 0 Å². The van der Waals surface area contributed by atoms with Crippen molar-refractivity contribution in [2.75, 3.05) is 0 Å². The van der Waals surface area contributed by atoms with Gasteiger partial charge in [-0.25, -0.2) is 29.9 Å². The molecule has 4 aliphatic carbocycles. The topological polar surface area (TPSA) is 77.3 Å². The van der Waals surface area contributed by atoms with Gasteiger partial charge in [-0.3, -0.25) is 0 Å². The lowest BCUT2D eigenvalue weighted by molar-refractivity contribution is 0.218. The maximum atomic E-state index is 5.46. The summed E-state index contributed by atoms with van der Waals surface area (Å²) in [5, 5.41) is 0. The summed E-state index contributed by atoms with van der Waals surface area (Å²) in [5.41, 5.74) is 14.1. The minimum Gasteiger partial charge on any atom is -0.212 e. The van der Waals surface area contributed by atoms with Crippen molar-refractivity contribution in [3.8, 4) is 68.1 Å². The fourth-order valence-corrected chi connectivity index (χ4v) is 12.0. The van der Waals surface area contributed by atoms with Gasteiger partial charge in [-0.2, -0.15) is 0 Å². The Morgan fingerprint density at radius 3 is 1.47 bits per heavy atom. The molecule has 0 N–H and O–H groups in total. The van der Waals surface area contributed by atoms with E-state index in [4.69, 9.17) is 29.9 Å². The zero-order valence-corrected chi connectivity index (χ0v) is 39.0. The summed E-state index contributed by atoms with van der Waals surface area (Å²) in [7, 11) is 0. The second kappa shape index (κ2) is 16.6. The van der Waals surface area contributed by atoms with Crippen LogP contribution in [0.3, 0.4) is 0 Å². The predicted octanol–water partition coefficient (Wildman–Crippen LogP) is 14.5. The molecule has 4 unspecified atom stereocenters. The molecule has 0 bridgehead atoms. The Morgan fingerprint density at radius 1 is 0.386 bits per heavy atom. The third-order valence-corrected chi connectivity index (χ3v) is 15.2. The molecule has 0 fully saturated rings. The summed E-state index contributed by atoms with van der Waals surface area (Å²) in [6, 6.07) is 65.7. The smallest absolute Gasteiger partial charge is 0.164 e. The molecule has 2 aromatic heterocycles. The fraction of sp³-hybridized carbons (Fsp3) is 0.125. The maximum absolute atomic E-state index is 5.46. The van der Waals surface area contributed by atoms with Gasteiger partial charge in [-0.05, 0) is 62.3 Å². The number of nitrogens with zero attached hydrogens (tertiary/aromatic N) is 6. The molecule has 6 heteroatoms. The molecule has 0 saturated heterocycles. The van der Waals surface area contributed by atoms with Crippen molar-refractivity contribution in [2.45, 2.75) is 37.0 Å². The van der Waals surface area contributed by atoms with Gasteiger partial charge in [0.15, 0.2) is 29.1 Å². The molecule has 0 radical (unpaired) electrons. The molecule has 0 saturated carbocycles. The molecule has 334 valence electrons. The lowest BCUT2D eigenvalue weighted by Crippen LogP contribution is -2.51. The van der Waals surface area contributed by atoms with Crippen molar-refractivity contribution in [3.05, 3.63) is 258 Å². The minimum absolute atomic E-state index is 0.121. The second-order valence-corrected chi connectivity index (χ2v) is 19.3. The first kappa shape index (κ1) is 41.7. The molecule has 70 heavy (non-hydrogen) atoms. The Bertz CT molecular complexity index is 3560. The van der Waals surface area contributed by atoms with Gasteiger partial charge in [0.05, 0.1) is 5.41 Å². The van der Waals surface area contributed by atoms with Gasteiger partial charge in [0.1, 0.15) is 5.82 Å². The Hall–Kier alpha value is -8.48. The standard InChI is InChI=1S/C64H48N6/c1-63(2)51-33-17-19-35-53(51)64(54-36-20-18-34-52(54)63)50-39-38-45(60-66-59(44-28-13-6-14-29-44)67-61(70-60)47-31-16-15-30-46(47)41-22-7-3-8-23-41)40-49(50)56-48(32-21-37-55(56)64)62-68-57(42-24-9-4-10-25-42)65-58(69-62)43-26-11-5-12-27-43/h3-39,45,51,53H,40H2,1-2H3. The molecule has 2 heterocycles. The molecule has 4 aliphatic rings. The quantitative estimate of drug-likeness (QED) is 0.159. The molecule has 7 aromatic carbocycles. The molecule has 9 aromatic rings. The van der Waals surface area contributed by atoms with Crippen LogP contribution in [0.15, 0.2) is 230 Å².